The molecule has 0 aliphatic carbocycles. The van der Waals surface area contributed by atoms with E-state index in [1.165, 1.54) is 4.90 Å². The van der Waals surface area contributed by atoms with Crippen LogP contribution < -0.4 is 4.90 Å². The number of anilines is 1. The number of thiocarbonyl (C=S) groups is 1. The number of nitrogens with zero attached hydrogens (tertiary/aromatic N) is 2. The Bertz CT molecular complexity index is 741. The largest absolute Gasteiger partial charge is 0.369 e. The van der Waals surface area contributed by atoms with E-state index in [0.29, 0.717) is 10.7 Å². The average molecular weight is 326 g/mol. The maximum absolute atomic E-state index is 12.7. The Hall–Kier alpha value is -2.24. The smallest absolute Gasteiger partial charge is 0.260 e. The van der Waals surface area contributed by atoms with Gasteiger partial charge in [-0.1, -0.05) is 35.9 Å². The summed E-state index contributed by atoms with van der Waals surface area (Å²) in [5.74, 6) is -0.203. The summed E-state index contributed by atoms with van der Waals surface area (Å²) < 4.78 is 0. The number of benzene rings is 2. The molecule has 5 heteroatoms. The lowest BCUT2D eigenvalue weighted by atomic mass is 10.1. The number of aryl methyl sites for hydroxylation is 1. The second kappa shape index (κ2) is 5.76. The number of rotatable bonds is 2. The predicted molar refractivity (Wildman–Crippen MR) is 94.4 cm³/mol. The van der Waals surface area contributed by atoms with Gasteiger partial charge in [0, 0.05) is 11.3 Å². The van der Waals surface area contributed by atoms with Gasteiger partial charge in [-0.3, -0.25) is 14.6 Å². The highest BCUT2D eigenvalue weighted by Crippen LogP contribution is 2.31. The van der Waals surface area contributed by atoms with Crippen LogP contribution in [-0.4, -0.2) is 33.3 Å². The third kappa shape index (κ3) is 2.85. The summed E-state index contributed by atoms with van der Waals surface area (Å²) >= 11 is 5.47. The van der Waals surface area contributed by atoms with E-state index in [4.69, 9.17) is 12.2 Å². The van der Waals surface area contributed by atoms with Gasteiger partial charge in [-0.2, -0.15) is 0 Å². The molecule has 1 amide bonds. The van der Waals surface area contributed by atoms with Gasteiger partial charge in [0.25, 0.3) is 5.91 Å². The van der Waals surface area contributed by atoms with Crippen LogP contribution in [0.25, 0.3) is 0 Å². The van der Waals surface area contributed by atoms with Gasteiger partial charge >= 0.3 is 0 Å². The van der Waals surface area contributed by atoms with Crippen LogP contribution in [0.2, 0.25) is 0 Å². The second-order valence-electron chi connectivity index (χ2n) is 5.93. The Morgan fingerprint density at radius 2 is 1.74 bits per heavy atom. The normalized spacial score (nSPS) is 20.9. The molecule has 1 fully saturated rings. The van der Waals surface area contributed by atoms with Gasteiger partial charge in [0.15, 0.2) is 10.8 Å². The molecule has 118 valence electrons. The summed E-state index contributed by atoms with van der Waals surface area (Å²) in [6, 6.07) is 16.7. The van der Waals surface area contributed by atoms with Crippen molar-refractivity contribution in [3.8, 4) is 0 Å². The van der Waals surface area contributed by atoms with E-state index < -0.39 is 5.72 Å². The molecule has 0 radical (unpaired) electrons. The van der Waals surface area contributed by atoms with Gasteiger partial charge in [0.05, 0.1) is 6.54 Å². The first-order valence-corrected chi connectivity index (χ1v) is 7.81. The zero-order chi connectivity index (χ0) is 16.6. The highest BCUT2D eigenvalue weighted by molar-refractivity contribution is 7.80. The fourth-order valence-corrected chi connectivity index (χ4v) is 3.19. The van der Waals surface area contributed by atoms with Crippen molar-refractivity contribution in [1.29, 1.82) is 0 Å². The standard InChI is InChI=1S/C18H18N2O2S/c1-13-8-10-15(11-9-13)20-17(23)19(12-18(20,2)22)16(21)14-6-4-3-5-7-14/h3-11,22H,12H2,1-2H3/t18-/m1/s1. The second-order valence-corrected chi connectivity index (χ2v) is 6.29. The fraction of sp³-hybridized carbons (Fsp3) is 0.222. The maximum atomic E-state index is 12.7. The van der Waals surface area contributed by atoms with Crippen LogP contribution in [0.3, 0.4) is 0 Å². The van der Waals surface area contributed by atoms with Crippen LogP contribution >= 0.6 is 12.2 Å². The van der Waals surface area contributed by atoms with Gasteiger partial charge in [-0.15, -0.1) is 0 Å². The summed E-state index contributed by atoms with van der Waals surface area (Å²) in [6.07, 6.45) is 0. The van der Waals surface area contributed by atoms with Gasteiger partial charge < -0.3 is 5.11 Å². The molecule has 0 unspecified atom stereocenters. The van der Waals surface area contributed by atoms with E-state index in [0.717, 1.165) is 11.3 Å². The van der Waals surface area contributed by atoms with E-state index in [1.54, 1.807) is 24.0 Å². The van der Waals surface area contributed by atoms with Crippen LogP contribution in [0.4, 0.5) is 5.69 Å². The lowest BCUT2D eigenvalue weighted by molar-refractivity contribution is 0.0588. The summed E-state index contributed by atoms with van der Waals surface area (Å²) in [5.41, 5.74) is 1.21. The molecule has 1 saturated heterocycles. The molecule has 0 bridgehead atoms. The number of amides is 1. The summed E-state index contributed by atoms with van der Waals surface area (Å²) in [6.45, 7) is 3.79. The SMILES string of the molecule is Cc1ccc(N2C(=S)N(C(=O)c3ccccc3)C[C@@]2(C)O)cc1. The zero-order valence-corrected chi connectivity index (χ0v) is 13.9. The molecule has 1 heterocycles. The first kappa shape index (κ1) is 15.6. The Labute approximate surface area is 141 Å². The van der Waals surface area contributed by atoms with Crippen molar-refractivity contribution in [2.24, 2.45) is 0 Å². The lowest BCUT2D eigenvalue weighted by Gasteiger charge is -2.29. The molecule has 0 saturated carbocycles. The van der Waals surface area contributed by atoms with Crippen molar-refractivity contribution in [2.45, 2.75) is 19.6 Å². The molecule has 2 aromatic carbocycles. The van der Waals surface area contributed by atoms with Crippen LogP contribution in [0.15, 0.2) is 54.6 Å². The van der Waals surface area contributed by atoms with E-state index in [1.807, 2.05) is 49.4 Å². The molecule has 1 aliphatic rings. The van der Waals surface area contributed by atoms with Gasteiger partial charge in [0.2, 0.25) is 0 Å². The predicted octanol–water partition coefficient (Wildman–Crippen LogP) is 2.95. The van der Waals surface area contributed by atoms with Gasteiger partial charge in [-0.25, -0.2) is 0 Å². The molecule has 1 N–H and O–H groups in total. The number of carbonyl (C=O) groups excluding carboxylic acids is 1. The molecule has 0 spiro atoms. The van der Waals surface area contributed by atoms with Crippen LogP contribution in [0.5, 0.6) is 0 Å². The minimum Gasteiger partial charge on any atom is -0.369 e. The van der Waals surface area contributed by atoms with E-state index in [9.17, 15) is 9.90 Å². The van der Waals surface area contributed by atoms with Crippen molar-refractivity contribution in [3.63, 3.8) is 0 Å². The van der Waals surface area contributed by atoms with E-state index in [-0.39, 0.29) is 12.5 Å². The van der Waals surface area contributed by atoms with Crippen molar-refractivity contribution in [1.82, 2.24) is 4.90 Å². The third-order valence-corrected chi connectivity index (χ3v) is 4.32. The van der Waals surface area contributed by atoms with Gasteiger partial charge in [-0.05, 0) is 50.3 Å². The zero-order valence-electron chi connectivity index (χ0n) is 13.1. The van der Waals surface area contributed by atoms with Crippen LogP contribution in [0, 0.1) is 6.92 Å². The molecular formula is C18H18N2O2S. The molecule has 23 heavy (non-hydrogen) atoms. The summed E-state index contributed by atoms with van der Waals surface area (Å²) in [7, 11) is 0. The monoisotopic (exact) mass is 326 g/mol. The molecule has 0 aromatic heterocycles. The molecule has 2 aromatic rings. The first-order valence-electron chi connectivity index (χ1n) is 7.40. The Kier molecular flexibility index (Phi) is 3.92. The maximum Gasteiger partial charge on any atom is 0.260 e. The van der Waals surface area contributed by atoms with Crippen LogP contribution in [-0.2, 0) is 0 Å². The molecule has 1 atom stereocenters. The fourth-order valence-electron chi connectivity index (χ4n) is 2.74. The van der Waals surface area contributed by atoms with Crippen molar-refractivity contribution in [3.05, 3.63) is 65.7 Å². The van der Waals surface area contributed by atoms with Crippen molar-refractivity contribution < 1.29 is 9.90 Å². The molecule has 1 aliphatic heterocycles. The first-order chi connectivity index (χ1) is 10.9. The molecule has 3 rings (SSSR count). The number of carbonyl (C=O) groups is 1. The number of aliphatic hydroxyl groups is 1. The number of β-amino-alcohol motifs (C(OH)–C–C–N with tert-alkyl or cyclic N) is 1. The minimum absolute atomic E-state index is 0.132. The summed E-state index contributed by atoms with van der Waals surface area (Å²) in [5, 5.41) is 11.1. The van der Waals surface area contributed by atoms with E-state index in [2.05, 4.69) is 0 Å². The topological polar surface area (TPSA) is 43.8 Å². The molecular weight excluding hydrogens is 308 g/mol. The van der Waals surface area contributed by atoms with E-state index >= 15 is 0 Å². The van der Waals surface area contributed by atoms with Crippen molar-refractivity contribution >= 4 is 28.9 Å². The lowest BCUT2D eigenvalue weighted by Crippen LogP contribution is -2.44. The highest BCUT2D eigenvalue weighted by Gasteiger charge is 2.46. The average Bonchev–Trinajstić information content (AvgIpc) is 2.78. The summed E-state index contributed by atoms with van der Waals surface area (Å²) in [4.78, 5) is 15.8. The molecule has 4 nitrogen and oxygen atoms in total. The minimum atomic E-state index is -1.24. The third-order valence-electron chi connectivity index (χ3n) is 3.92. The Morgan fingerprint density at radius 3 is 2.35 bits per heavy atom. The Balaban J connectivity index is 1.93. The Morgan fingerprint density at radius 1 is 1.13 bits per heavy atom. The van der Waals surface area contributed by atoms with Crippen molar-refractivity contribution in [2.75, 3.05) is 11.4 Å². The highest BCUT2D eigenvalue weighted by atomic mass is 32.1. The quantitative estimate of drug-likeness (QED) is 0.862. The van der Waals surface area contributed by atoms with Crippen LogP contribution in [0.1, 0.15) is 22.8 Å². The number of hydrogen-bond donors (Lipinski definition) is 1. The number of hydrogen-bond acceptors (Lipinski definition) is 3. The van der Waals surface area contributed by atoms with Gasteiger partial charge in [0.1, 0.15) is 0 Å².